The van der Waals surface area contributed by atoms with Crippen molar-refractivity contribution in [1.82, 2.24) is 24.5 Å². The summed E-state index contributed by atoms with van der Waals surface area (Å²) in [6, 6.07) is 0. The predicted octanol–water partition coefficient (Wildman–Crippen LogP) is -0.332. The summed E-state index contributed by atoms with van der Waals surface area (Å²) in [4.78, 5) is 53.4. The largest absolute Gasteiger partial charge is 0.483 e. The van der Waals surface area contributed by atoms with Crippen molar-refractivity contribution in [2.45, 2.75) is 0 Å². The molecule has 3 rings (SSSR count). The summed E-state index contributed by atoms with van der Waals surface area (Å²) in [5.74, 6) is -0.104. The van der Waals surface area contributed by atoms with Crippen molar-refractivity contribution in [3.8, 4) is 11.3 Å². The van der Waals surface area contributed by atoms with Gasteiger partial charge in [-0.2, -0.15) is 0 Å². The zero-order chi connectivity index (χ0) is 23.1. The summed E-state index contributed by atoms with van der Waals surface area (Å²) in [6.07, 6.45) is 6.39. The smallest absolute Gasteiger partial charge is 0.290 e. The van der Waals surface area contributed by atoms with Crippen molar-refractivity contribution >= 4 is 42.2 Å². The van der Waals surface area contributed by atoms with Gasteiger partial charge in [-0.25, -0.2) is 15.0 Å². The summed E-state index contributed by atoms with van der Waals surface area (Å²) < 4.78 is 1.86. The van der Waals surface area contributed by atoms with Crippen molar-refractivity contribution < 1.29 is 34.5 Å². The van der Waals surface area contributed by atoms with Crippen LogP contribution in [0.1, 0.15) is 10.5 Å². The van der Waals surface area contributed by atoms with E-state index in [0.717, 1.165) is 11.0 Å². The molecule has 14 heteroatoms. The Kier molecular flexibility index (Phi) is 11.4. The third-order valence-corrected chi connectivity index (χ3v) is 3.16. The van der Waals surface area contributed by atoms with E-state index in [1.807, 2.05) is 11.6 Å². The van der Waals surface area contributed by atoms with Crippen molar-refractivity contribution in [3.05, 3.63) is 30.6 Å². The molecule has 0 spiro atoms. The molecule has 1 amide bonds. The lowest BCUT2D eigenvalue weighted by Gasteiger charge is -2.08. The van der Waals surface area contributed by atoms with Crippen LogP contribution in [0.2, 0.25) is 0 Å². The molecule has 0 radical (unpaired) electrons. The van der Waals surface area contributed by atoms with Gasteiger partial charge in [0.15, 0.2) is 5.82 Å². The van der Waals surface area contributed by atoms with Crippen molar-refractivity contribution in [2.75, 3.05) is 12.4 Å². The molecule has 0 atom stereocenters. The third-order valence-electron chi connectivity index (χ3n) is 3.16. The van der Waals surface area contributed by atoms with Crippen LogP contribution in [0.5, 0.6) is 0 Å². The number of nitrogens with two attached hydrogens (primary N) is 1. The Morgan fingerprint density at radius 2 is 1.63 bits per heavy atom. The molecule has 0 unspecified atom stereocenters. The molecule has 3 aromatic heterocycles. The Labute approximate surface area is 169 Å². The number of carbonyl (C=O) groups is 4. The quantitative estimate of drug-likeness (QED) is 0.343. The fourth-order valence-corrected chi connectivity index (χ4v) is 2.09. The van der Waals surface area contributed by atoms with Crippen molar-refractivity contribution in [1.29, 1.82) is 0 Å². The minimum absolute atomic E-state index is 0.0944. The monoisotopic (exact) mass is 421 g/mol. The van der Waals surface area contributed by atoms with E-state index in [2.05, 4.69) is 25.3 Å². The Bertz CT molecular complexity index is 977. The Morgan fingerprint density at radius 3 is 2.13 bits per heavy atom. The first-order valence-electron chi connectivity index (χ1n) is 7.70. The van der Waals surface area contributed by atoms with Crippen LogP contribution in [0.15, 0.2) is 24.9 Å². The van der Waals surface area contributed by atoms with Crippen molar-refractivity contribution in [2.24, 2.45) is 12.8 Å². The van der Waals surface area contributed by atoms with E-state index < -0.39 is 5.91 Å². The number of primary amides is 1. The number of carboxylic acid groups (broad SMARTS) is 3. The number of nitrogens with one attached hydrogen (secondary N) is 1. The van der Waals surface area contributed by atoms with Gasteiger partial charge in [0.2, 0.25) is 0 Å². The van der Waals surface area contributed by atoms with Gasteiger partial charge >= 0.3 is 0 Å². The number of pyridine rings is 1. The molecule has 6 N–H and O–H groups in total. The number of hydrogen-bond acceptors (Lipinski definition) is 9. The van der Waals surface area contributed by atoms with Gasteiger partial charge in [0.05, 0.1) is 29.8 Å². The highest BCUT2D eigenvalue weighted by molar-refractivity contribution is 5.95. The number of rotatable bonds is 3. The molecule has 3 aromatic rings. The molecule has 0 aliphatic heterocycles. The van der Waals surface area contributed by atoms with E-state index in [-0.39, 0.29) is 25.1 Å². The summed E-state index contributed by atoms with van der Waals surface area (Å²) in [7, 11) is 3.61. The number of nitrogens with zero attached hydrogens (tertiary/aromatic N) is 5. The summed E-state index contributed by atoms with van der Waals surface area (Å²) in [6.45, 7) is -0.750. The van der Waals surface area contributed by atoms with E-state index in [1.165, 1.54) is 6.20 Å². The summed E-state index contributed by atoms with van der Waals surface area (Å²) >= 11 is 0. The van der Waals surface area contributed by atoms with Crippen LogP contribution in [0, 0.1) is 0 Å². The number of anilines is 1. The number of aryl methyl sites for hydroxylation is 1. The minimum atomic E-state index is -0.632. The fourth-order valence-electron chi connectivity index (χ4n) is 2.09. The molecule has 0 fully saturated rings. The average molecular weight is 421 g/mol. The first-order valence-corrected chi connectivity index (χ1v) is 7.70. The first-order chi connectivity index (χ1) is 14.4. The molecule has 0 bridgehead atoms. The molecule has 0 aliphatic carbocycles. The molecule has 0 aromatic carbocycles. The van der Waals surface area contributed by atoms with Crippen LogP contribution in [0.3, 0.4) is 0 Å². The topological polar surface area (TPSA) is 224 Å². The normalized spacial score (nSPS) is 8.73. The lowest BCUT2D eigenvalue weighted by Crippen LogP contribution is -2.15. The molecule has 3 heterocycles. The summed E-state index contributed by atoms with van der Waals surface area (Å²) in [5.41, 5.74) is 8.14. The summed E-state index contributed by atoms with van der Waals surface area (Å²) in [5, 5.41) is 23.6. The van der Waals surface area contributed by atoms with Crippen LogP contribution >= 0.6 is 0 Å². The van der Waals surface area contributed by atoms with E-state index in [9.17, 15) is 4.79 Å². The highest BCUT2D eigenvalue weighted by atomic mass is 16.4. The lowest BCUT2D eigenvalue weighted by atomic mass is 10.1. The van der Waals surface area contributed by atoms with Gasteiger partial charge in [-0.3, -0.25) is 24.2 Å². The number of carbonyl (C=O) groups excluding carboxylic acids is 1. The SMILES string of the molecule is CNc1ncc(C(N)=O)nc1-c1cncc2c1ncn2C.O=CO.O=CO.O=CO. The van der Waals surface area contributed by atoms with Crippen LogP contribution in [0.4, 0.5) is 5.82 Å². The number of fused-ring (bicyclic) bond motifs is 1. The predicted molar refractivity (Wildman–Crippen MR) is 104 cm³/mol. The lowest BCUT2D eigenvalue weighted by molar-refractivity contribution is -0.123. The molecule has 0 aliphatic rings. The minimum Gasteiger partial charge on any atom is -0.483 e. The maximum Gasteiger partial charge on any atom is 0.290 e. The Balaban J connectivity index is 0.000000806. The molecule has 14 nitrogen and oxygen atoms in total. The van der Waals surface area contributed by atoms with Gasteiger partial charge in [0, 0.05) is 20.3 Å². The van der Waals surface area contributed by atoms with Crippen LogP contribution < -0.4 is 11.1 Å². The molecule has 160 valence electrons. The van der Waals surface area contributed by atoms with Gasteiger partial charge in [-0.1, -0.05) is 0 Å². The molecular weight excluding hydrogens is 402 g/mol. The second kappa shape index (κ2) is 13.5. The zero-order valence-corrected chi connectivity index (χ0v) is 15.8. The highest BCUT2D eigenvalue weighted by Crippen LogP contribution is 2.29. The molecule has 30 heavy (non-hydrogen) atoms. The van der Waals surface area contributed by atoms with Crippen LogP contribution in [0.25, 0.3) is 22.3 Å². The van der Waals surface area contributed by atoms with Gasteiger partial charge in [-0.05, 0) is 0 Å². The van der Waals surface area contributed by atoms with Gasteiger partial charge in [-0.15, -0.1) is 0 Å². The van der Waals surface area contributed by atoms with Crippen LogP contribution in [-0.4, -0.2) is 72.2 Å². The van der Waals surface area contributed by atoms with E-state index in [1.54, 1.807) is 25.8 Å². The number of hydrogen-bond donors (Lipinski definition) is 5. The van der Waals surface area contributed by atoms with Crippen molar-refractivity contribution in [3.63, 3.8) is 0 Å². The van der Waals surface area contributed by atoms with Crippen LogP contribution in [-0.2, 0) is 21.4 Å². The standard InChI is InChI=1S/C13H13N7O.3CH2O2/c1-15-13-11(19-8(4-17-13)12(14)21)7-3-16-5-9-10(7)18-6-20(9)2;3*2-1-3/h3-6H,1-2H3,(H2,14,21)(H,15,17);3*1H,(H,2,3). The Hall–Kier alpha value is -4.62. The molecular formula is C16H19N7O7. The maximum absolute atomic E-state index is 11.3. The highest BCUT2D eigenvalue weighted by Gasteiger charge is 2.16. The number of aromatic nitrogens is 5. The van der Waals surface area contributed by atoms with E-state index in [4.69, 9.17) is 35.4 Å². The van der Waals surface area contributed by atoms with E-state index >= 15 is 0 Å². The number of imidazole rings is 1. The van der Waals surface area contributed by atoms with Gasteiger partial charge in [0.1, 0.15) is 16.9 Å². The average Bonchev–Trinajstić information content (AvgIpc) is 3.10. The second-order valence-electron chi connectivity index (χ2n) is 4.79. The number of amides is 1. The fraction of sp³-hybridized carbons (Fsp3) is 0.125. The van der Waals surface area contributed by atoms with E-state index in [0.29, 0.717) is 17.1 Å². The molecule has 0 saturated carbocycles. The van der Waals surface area contributed by atoms with Gasteiger partial charge < -0.3 is 30.9 Å². The Morgan fingerprint density at radius 1 is 1.07 bits per heavy atom. The second-order valence-corrected chi connectivity index (χ2v) is 4.79. The third kappa shape index (κ3) is 6.84. The first kappa shape index (κ1) is 25.4. The van der Waals surface area contributed by atoms with Gasteiger partial charge in [0.25, 0.3) is 25.3 Å². The maximum atomic E-state index is 11.3. The molecule has 0 saturated heterocycles. The zero-order valence-electron chi connectivity index (χ0n) is 15.8.